The second kappa shape index (κ2) is 10.8. The number of carbonyl (C=O) groups is 3. The van der Waals surface area contributed by atoms with Crippen LogP contribution in [0.1, 0.15) is 48.0 Å². The molecule has 1 saturated heterocycles. The van der Waals surface area contributed by atoms with E-state index in [-0.39, 0.29) is 42.4 Å². The summed E-state index contributed by atoms with van der Waals surface area (Å²) in [5, 5.41) is -0.190. The van der Waals surface area contributed by atoms with Crippen LogP contribution in [-0.4, -0.2) is 58.8 Å². The first-order valence-electron chi connectivity index (χ1n) is 11.8. The summed E-state index contributed by atoms with van der Waals surface area (Å²) < 4.78 is 17.3. The van der Waals surface area contributed by atoms with Gasteiger partial charge in [0.15, 0.2) is 0 Å². The second-order valence-corrected chi connectivity index (χ2v) is 21.3. The number of ether oxygens (including phenoxy) is 1. The van der Waals surface area contributed by atoms with Crippen LogP contribution < -0.4 is 0 Å². The molecule has 0 aromatic rings. The van der Waals surface area contributed by atoms with Gasteiger partial charge in [0.05, 0.1) is 13.0 Å². The van der Waals surface area contributed by atoms with E-state index in [0.29, 0.717) is 0 Å². The number of likely N-dealkylation sites (tertiary alicyclic amines) is 1. The van der Waals surface area contributed by atoms with Crippen molar-refractivity contribution in [3.8, 4) is 0 Å². The van der Waals surface area contributed by atoms with E-state index in [1.807, 2.05) is 53.5 Å². The van der Waals surface area contributed by atoms with Gasteiger partial charge in [0.2, 0.25) is 8.32 Å². The SMILES string of the molecule is C=C(C)[C@@H]1CN(C(=O)OCC(C)C)C(C(=O)O[Si](C)(C)C(C)(C)C)[C@@H]1CC(=O)O[Si](C)(C)C. The quantitative estimate of drug-likeness (QED) is 0.320. The van der Waals surface area contributed by atoms with Crippen molar-refractivity contribution in [1.82, 2.24) is 4.90 Å². The van der Waals surface area contributed by atoms with Crippen LogP contribution in [0.4, 0.5) is 4.79 Å². The van der Waals surface area contributed by atoms with Gasteiger partial charge < -0.3 is 13.6 Å². The summed E-state index contributed by atoms with van der Waals surface area (Å²) in [7, 11) is -4.56. The molecule has 0 spiro atoms. The van der Waals surface area contributed by atoms with Crippen LogP contribution in [-0.2, 0) is 23.2 Å². The summed E-state index contributed by atoms with van der Waals surface area (Å²) in [6.45, 7) is 26.3. The van der Waals surface area contributed by atoms with Crippen LogP contribution in [0.25, 0.3) is 0 Å². The standard InChI is InChI=1S/C24H45NO6Si2/c1-16(2)15-29-23(28)25-14-19(17(3)4)18(13-20(26)30-32(8,9)10)21(25)22(27)31-33(11,12)24(5,6)7/h16,18-19,21H,3,13-15H2,1-2,4-12H3/t18-,19+,21?/m1/s1. The van der Waals surface area contributed by atoms with Crippen LogP contribution in [0.2, 0.25) is 37.8 Å². The van der Waals surface area contributed by atoms with Crippen molar-refractivity contribution >= 4 is 34.7 Å². The molecule has 0 aromatic carbocycles. The Hall–Kier alpha value is -1.62. The summed E-state index contributed by atoms with van der Waals surface area (Å²) in [5.74, 6) is -1.38. The first-order chi connectivity index (χ1) is 14.8. The van der Waals surface area contributed by atoms with E-state index in [9.17, 15) is 14.4 Å². The lowest BCUT2D eigenvalue weighted by Crippen LogP contribution is -2.51. The van der Waals surface area contributed by atoms with Gasteiger partial charge in [-0.3, -0.25) is 14.5 Å². The van der Waals surface area contributed by atoms with Gasteiger partial charge in [-0.1, -0.05) is 46.8 Å². The molecule has 0 aliphatic carbocycles. The summed E-state index contributed by atoms with van der Waals surface area (Å²) in [6.07, 6.45) is -0.541. The van der Waals surface area contributed by atoms with Crippen LogP contribution in [0.3, 0.4) is 0 Å². The lowest BCUT2D eigenvalue weighted by atomic mass is 9.84. The molecule has 190 valence electrons. The molecule has 1 rings (SSSR count). The zero-order valence-corrected chi connectivity index (χ0v) is 24.5. The molecule has 1 aliphatic rings. The third-order valence-corrected chi connectivity index (χ3v) is 11.4. The predicted molar refractivity (Wildman–Crippen MR) is 136 cm³/mol. The maximum atomic E-state index is 13.6. The largest absolute Gasteiger partial charge is 0.520 e. The predicted octanol–water partition coefficient (Wildman–Crippen LogP) is 5.59. The number of carbonyl (C=O) groups excluding carboxylic acids is 3. The molecule has 0 radical (unpaired) electrons. The van der Waals surface area contributed by atoms with E-state index < -0.39 is 40.7 Å². The zero-order valence-electron chi connectivity index (χ0n) is 22.5. The van der Waals surface area contributed by atoms with Crippen molar-refractivity contribution in [3.63, 3.8) is 0 Å². The topological polar surface area (TPSA) is 82.1 Å². The van der Waals surface area contributed by atoms with E-state index in [4.69, 9.17) is 13.6 Å². The Morgan fingerprint density at radius 1 is 1.06 bits per heavy atom. The molecule has 1 unspecified atom stereocenters. The van der Waals surface area contributed by atoms with Gasteiger partial charge in [-0.2, -0.15) is 0 Å². The molecule has 1 aliphatic heterocycles. The van der Waals surface area contributed by atoms with Crippen LogP contribution in [0.5, 0.6) is 0 Å². The Morgan fingerprint density at radius 2 is 1.61 bits per heavy atom. The van der Waals surface area contributed by atoms with Crippen LogP contribution in [0.15, 0.2) is 12.2 Å². The minimum atomic E-state index is -2.45. The maximum absolute atomic E-state index is 13.6. The van der Waals surface area contributed by atoms with Gasteiger partial charge in [-0.15, -0.1) is 0 Å². The normalized spacial score (nSPS) is 21.7. The van der Waals surface area contributed by atoms with Crippen molar-refractivity contribution in [2.75, 3.05) is 13.2 Å². The molecule has 33 heavy (non-hydrogen) atoms. The molecule has 1 fully saturated rings. The maximum Gasteiger partial charge on any atom is 0.410 e. The molecule has 0 bridgehead atoms. The Bertz CT molecular complexity index is 751. The lowest BCUT2D eigenvalue weighted by Gasteiger charge is -2.38. The highest BCUT2D eigenvalue weighted by Crippen LogP contribution is 2.41. The fraction of sp³-hybridized carbons (Fsp3) is 0.792. The lowest BCUT2D eigenvalue weighted by molar-refractivity contribution is -0.143. The Balaban J connectivity index is 3.35. The van der Waals surface area contributed by atoms with E-state index in [0.717, 1.165) is 5.57 Å². The first-order valence-corrected chi connectivity index (χ1v) is 18.1. The highest BCUT2D eigenvalue weighted by Gasteiger charge is 2.52. The number of hydrogen-bond donors (Lipinski definition) is 0. The summed E-state index contributed by atoms with van der Waals surface area (Å²) in [4.78, 5) is 40.8. The Labute approximate surface area is 202 Å². The van der Waals surface area contributed by atoms with E-state index in [1.54, 1.807) is 0 Å². The highest BCUT2D eigenvalue weighted by atomic mass is 28.4. The molecule has 3 atom stereocenters. The summed E-state index contributed by atoms with van der Waals surface area (Å²) in [5.41, 5.74) is 0.810. The van der Waals surface area contributed by atoms with Gasteiger partial charge in [-0.05, 0) is 50.6 Å². The Morgan fingerprint density at radius 3 is 2.03 bits per heavy atom. The van der Waals surface area contributed by atoms with Gasteiger partial charge in [-0.25, -0.2) is 4.79 Å². The minimum Gasteiger partial charge on any atom is -0.520 e. The highest BCUT2D eigenvalue weighted by molar-refractivity contribution is 6.75. The number of amides is 1. The molecule has 9 heteroatoms. The third-order valence-electron chi connectivity index (χ3n) is 6.28. The fourth-order valence-corrected chi connectivity index (χ4v) is 5.24. The van der Waals surface area contributed by atoms with E-state index in [1.165, 1.54) is 4.90 Å². The van der Waals surface area contributed by atoms with Crippen molar-refractivity contribution < 1.29 is 28.0 Å². The number of nitrogens with zero attached hydrogens (tertiary/aromatic N) is 1. The van der Waals surface area contributed by atoms with E-state index >= 15 is 0 Å². The van der Waals surface area contributed by atoms with Crippen LogP contribution >= 0.6 is 0 Å². The van der Waals surface area contributed by atoms with E-state index in [2.05, 4.69) is 27.4 Å². The van der Waals surface area contributed by atoms with Crippen LogP contribution in [0, 0.1) is 17.8 Å². The van der Waals surface area contributed by atoms with Crippen molar-refractivity contribution in [3.05, 3.63) is 12.2 Å². The van der Waals surface area contributed by atoms with Crippen molar-refractivity contribution in [2.45, 2.75) is 91.8 Å². The summed E-state index contributed by atoms with van der Waals surface area (Å²) in [6, 6.07) is -0.922. The van der Waals surface area contributed by atoms with Crippen molar-refractivity contribution in [2.24, 2.45) is 17.8 Å². The Kier molecular flexibility index (Phi) is 9.59. The molecule has 1 heterocycles. The minimum absolute atomic E-state index is 0.0209. The number of rotatable bonds is 8. The van der Waals surface area contributed by atoms with Gasteiger partial charge in [0.1, 0.15) is 6.04 Å². The van der Waals surface area contributed by atoms with Gasteiger partial charge in [0, 0.05) is 18.4 Å². The molecule has 0 aromatic heterocycles. The van der Waals surface area contributed by atoms with Gasteiger partial charge >= 0.3 is 12.1 Å². The average Bonchev–Trinajstić information content (AvgIpc) is 2.95. The molecular formula is C24H45NO6Si2. The fourth-order valence-electron chi connectivity index (χ4n) is 3.54. The smallest absolute Gasteiger partial charge is 0.410 e. The second-order valence-electron chi connectivity index (χ2n) is 12.2. The third kappa shape index (κ3) is 8.28. The molecule has 0 saturated carbocycles. The monoisotopic (exact) mass is 499 g/mol. The van der Waals surface area contributed by atoms with Crippen molar-refractivity contribution in [1.29, 1.82) is 0 Å². The number of hydrogen-bond acceptors (Lipinski definition) is 6. The molecule has 0 N–H and O–H groups in total. The molecule has 7 nitrogen and oxygen atoms in total. The summed E-state index contributed by atoms with van der Waals surface area (Å²) >= 11 is 0. The first kappa shape index (κ1) is 29.4. The molecule has 1 amide bonds. The average molecular weight is 500 g/mol. The van der Waals surface area contributed by atoms with Gasteiger partial charge in [0.25, 0.3) is 14.3 Å². The zero-order chi connectivity index (χ0) is 25.9. The molecular weight excluding hydrogens is 454 g/mol.